The summed E-state index contributed by atoms with van der Waals surface area (Å²) in [5.41, 5.74) is 5.33. The lowest BCUT2D eigenvalue weighted by Crippen LogP contribution is -2.25. The van der Waals surface area contributed by atoms with Gasteiger partial charge in [0.1, 0.15) is 5.75 Å². The molecule has 2 rings (SSSR count). The number of para-hydroxylation sites is 1. The SMILES string of the molecule is Cc1ccc(/C=N\NC(=O)COc2c(C)cccc2C)cc1[N+](=O)[O-]. The Bertz CT molecular complexity index is 811. The highest BCUT2D eigenvalue weighted by Crippen LogP contribution is 2.22. The van der Waals surface area contributed by atoms with Crippen molar-refractivity contribution in [1.82, 2.24) is 5.43 Å². The number of nitrogens with zero attached hydrogens (tertiary/aromatic N) is 2. The van der Waals surface area contributed by atoms with Gasteiger partial charge in [-0.15, -0.1) is 0 Å². The van der Waals surface area contributed by atoms with Gasteiger partial charge in [-0.2, -0.15) is 5.10 Å². The van der Waals surface area contributed by atoms with E-state index in [9.17, 15) is 14.9 Å². The lowest BCUT2D eigenvalue weighted by molar-refractivity contribution is -0.385. The molecule has 0 spiro atoms. The largest absolute Gasteiger partial charge is 0.483 e. The average molecular weight is 341 g/mol. The van der Waals surface area contributed by atoms with Crippen LogP contribution in [0.15, 0.2) is 41.5 Å². The third-order valence-corrected chi connectivity index (χ3v) is 3.59. The van der Waals surface area contributed by atoms with E-state index in [4.69, 9.17) is 4.74 Å². The summed E-state index contributed by atoms with van der Waals surface area (Å²) in [5.74, 6) is 0.260. The number of aryl methyl sites for hydroxylation is 3. The van der Waals surface area contributed by atoms with Gasteiger partial charge in [0.15, 0.2) is 6.61 Å². The van der Waals surface area contributed by atoms with E-state index in [2.05, 4.69) is 10.5 Å². The molecule has 0 saturated heterocycles. The number of amides is 1. The van der Waals surface area contributed by atoms with E-state index in [-0.39, 0.29) is 12.3 Å². The first-order valence-electron chi connectivity index (χ1n) is 7.64. The summed E-state index contributed by atoms with van der Waals surface area (Å²) in [7, 11) is 0. The summed E-state index contributed by atoms with van der Waals surface area (Å²) in [6, 6.07) is 10.4. The van der Waals surface area contributed by atoms with Crippen molar-refractivity contribution in [1.29, 1.82) is 0 Å². The number of carbonyl (C=O) groups excluding carboxylic acids is 1. The van der Waals surface area contributed by atoms with Crippen LogP contribution >= 0.6 is 0 Å². The number of hydrogen-bond donors (Lipinski definition) is 1. The van der Waals surface area contributed by atoms with Gasteiger partial charge in [0.05, 0.1) is 11.1 Å². The van der Waals surface area contributed by atoms with Crippen LogP contribution in [-0.2, 0) is 4.79 Å². The van der Waals surface area contributed by atoms with Crippen molar-refractivity contribution in [3.63, 3.8) is 0 Å². The fourth-order valence-electron chi connectivity index (χ4n) is 2.28. The molecule has 25 heavy (non-hydrogen) atoms. The van der Waals surface area contributed by atoms with Gasteiger partial charge in [0, 0.05) is 17.2 Å². The van der Waals surface area contributed by atoms with Crippen molar-refractivity contribution >= 4 is 17.8 Å². The number of nitrogens with one attached hydrogen (secondary N) is 1. The van der Waals surface area contributed by atoms with E-state index < -0.39 is 10.8 Å². The van der Waals surface area contributed by atoms with E-state index in [0.717, 1.165) is 11.1 Å². The molecule has 0 radical (unpaired) electrons. The second-order valence-electron chi connectivity index (χ2n) is 5.61. The van der Waals surface area contributed by atoms with E-state index in [1.165, 1.54) is 12.3 Å². The monoisotopic (exact) mass is 341 g/mol. The molecule has 1 amide bonds. The van der Waals surface area contributed by atoms with Crippen LogP contribution < -0.4 is 10.2 Å². The highest BCUT2D eigenvalue weighted by molar-refractivity contribution is 5.83. The summed E-state index contributed by atoms with van der Waals surface area (Å²) in [5, 5.41) is 14.7. The van der Waals surface area contributed by atoms with Crippen LogP contribution in [0.3, 0.4) is 0 Å². The Kier molecular flexibility index (Phi) is 5.84. The number of ether oxygens (including phenoxy) is 1. The molecular weight excluding hydrogens is 322 g/mol. The summed E-state index contributed by atoms with van der Waals surface area (Å²) in [6.45, 7) is 5.30. The predicted molar refractivity (Wildman–Crippen MR) is 95.0 cm³/mol. The molecule has 0 aliphatic heterocycles. The van der Waals surface area contributed by atoms with Crippen molar-refractivity contribution in [3.05, 3.63) is 68.8 Å². The van der Waals surface area contributed by atoms with Crippen LogP contribution in [0.5, 0.6) is 5.75 Å². The molecule has 0 unspecified atom stereocenters. The molecule has 0 saturated carbocycles. The molecule has 0 aliphatic carbocycles. The highest BCUT2D eigenvalue weighted by atomic mass is 16.6. The maximum Gasteiger partial charge on any atom is 0.277 e. The summed E-state index contributed by atoms with van der Waals surface area (Å²) in [4.78, 5) is 22.3. The summed E-state index contributed by atoms with van der Waals surface area (Å²) in [6.07, 6.45) is 1.35. The minimum absolute atomic E-state index is 0.00800. The van der Waals surface area contributed by atoms with Gasteiger partial charge in [-0.3, -0.25) is 14.9 Å². The smallest absolute Gasteiger partial charge is 0.277 e. The van der Waals surface area contributed by atoms with Crippen molar-refractivity contribution in [2.75, 3.05) is 6.61 Å². The topological polar surface area (TPSA) is 93.8 Å². The minimum atomic E-state index is -0.455. The quantitative estimate of drug-likeness (QED) is 0.496. The molecule has 0 atom stereocenters. The van der Waals surface area contributed by atoms with Gasteiger partial charge in [-0.1, -0.05) is 30.3 Å². The van der Waals surface area contributed by atoms with E-state index in [1.54, 1.807) is 19.1 Å². The average Bonchev–Trinajstić information content (AvgIpc) is 2.55. The van der Waals surface area contributed by atoms with E-state index >= 15 is 0 Å². The Morgan fingerprint density at radius 1 is 1.20 bits per heavy atom. The van der Waals surface area contributed by atoms with Crippen LogP contribution in [0.25, 0.3) is 0 Å². The Labute approximate surface area is 145 Å². The number of carbonyl (C=O) groups is 1. The molecule has 1 N–H and O–H groups in total. The molecule has 7 nitrogen and oxygen atoms in total. The molecular formula is C18H19N3O4. The van der Waals surface area contributed by atoms with Crippen molar-refractivity contribution < 1.29 is 14.5 Å². The van der Waals surface area contributed by atoms with E-state index in [0.29, 0.717) is 16.9 Å². The van der Waals surface area contributed by atoms with Crippen LogP contribution in [0.1, 0.15) is 22.3 Å². The first kappa shape index (κ1) is 18.1. The zero-order chi connectivity index (χ0) is 18.4. The lowest BCUT2D eigenvalue weighted by Gasteiger charge is -2.10. The minimum Gasteiger partial charge on any atom is -0.483 e. The van der Waals surface area contributed by atoms with Crippen molar-refractivity contribution in [3.8, 4) is 5.75 Å². The standard InChI is InChI=1S/C18H19N3O4/c1-12-7-8-15(9-16(12)21(23)24)10-19-20-17(22)11-25-18-13(2)5-4-6-14(18)3/h4-10H,11H2,1-3H3,(H,20,22)/b19-10-. The first-order valence-corrected chi connectivity index (χ1v) is 7.64. The lowest BCUT2D eigenvalue weighted by atomic mass is 10.1. The van der Waals surface area contributed by atoms with Crippen LogP contribution in [0.2, 0.25) is 0 Å². The molecule has 130 valence electrons. The fraction of sp³-hybridized carbons (Fsp3) is 0.222. The Morgan fingerprint density at radius 3 is 2.52 bits per heavy atom. The van der Waals surface area contributed by atoms with Gasteiger partial charge >= 0.3 is 0 Å². The predicted octanol–water partition coefficient (Wildman–Crippen LogP) is 3.05. The maximum atomic E-state index is 11.8. The molecule has 0 aliphatic rings. The Balaban J connectivity index is 1.93. The third-order valence-electron chi connectivity index (χ3n) is 3.59. The second kappa shape index (κ2) is 8.05. The molecule has 0 bridgehead atoms. The van der Waals surface area contributed by atoms with Gasteiger partial charge in [-0.05, 0) is 31.9 Å². The molecule has 2 aromatic rings. The van der Waals surface area contributed by atoms with Crippen LogP contribution in [-0.4, -0.2) is 23.7 Å². The third kappa shape index (κ3) is 4.87. The van der Waals surface area contributed by atoms with Gasteiger partial charge < -0.3 is 4.74 Å². The number of rotatable bonds is 6. The molecule has 2 aromatic carbocycles. The Morgan fingerprint density at radius 2 is 1.88 bits per heavy atom. The number of hydrazone groups is 1. The van der Waals surface area contributed by atoms with Gasteiger partial charge in [0.25, 0.3) is 11.6 Å². The van der Waals surface area contributed by atoms with Crippen LogP contribution in [0.4, 0.5) is 5.69 Å². The zero-order valence-corrected chi connectivity index (χ0v) is 14.3. The summed E-state index contributed by atoms with van der Waals surface area (Å²) >= 11 is 0. The number of benzene rings is 2. The fourth-order valence-corrected chi connectivity index (χ4v) is 2.28. The molecule has 0 aromatic heterocycles. The number of nitro groups is 1. The number of nitro benzene ring substituents is 1. The van der Waals surface area contributed by atoms with Crippen molar-refractivity contribution in [2.24, 2.45) is 5.10 Å². The zero-order valence-electron chi connectivity index (χ0n) is 14.3. The van der Waals surface area contributed by atoms with E-state index in [1.807, 2.05) is 32.0 Å². The maximum absolute atomic E-state index is 11.8. The van der Waals surface area contributed by atoms with Gasteiger partial charge in [-0.25, -0.2) is 5.43 Å². The second-order valence-corrected chi connectivity index (χ2v) is 5.61. The van der Waals surface area contributed by atoms with Gasteiger partial charge in [0.2, 0.25) is 0 Å². The number of hydrogen-bond acceptors (Lipinski definition) is 5. The Hall–Kier alpha value is -3.22. The van der Waals surface area contributed by atoms with Crippen molar-refractivity contribution in [2.45, 2.75) is 20.8 Å². The molecule has 0 fully saturated rings. The normalized spacial score (nSPS) is 10.7. The first-order chi connectivity index (χ1) is 11.9. The molecule has 7 heteroatoms. The van der Waals surface area contributed by atoms with Crippen LogP contribution in [0, 0.1) is 30.9 Å². The highest BCUT2D eigenvalue weighted by Gasteiger charge is 2.10. The summed E-state index contributed by atoms with van der Waals surface area (Å²) < 4.78 is 5.52. The molecule has 0 heterocycles.